The van der Waals surface area contributed by atoms with Crippen molar-refractivity contribution in [3.05, 3.63) is 0 Å². The van der Waals surface area contributed by atoms with Crippen LogP contribution in [0.1, 0.15) is 26.7 Å². The maximum Gasteiger partial charge on any atom is 0.325 e. The third kappa shape index (κ3) is 6.55. The first kappa shape index (κ1) is 13.5. The molecular formula is C11H17NO3. The van der Waals surface area contributed by atoms with Gasteiger partial charge in [-0.3, -0.25) is 9.59 Å². The minimum absolute atomic E-state index is 0.0481. The van der Waals surface area contributed by atoms with Gasteiger partial charge >= 0.3 is 5.97 Å². The molecule has 0 heterocycles. The van der Waals surface area contributed by atoms with Crippen LogP contribution in [0.5, 0.6) is 0 Å². The smallest absolute Gasteiger partial charge is 0.325 e. The molecule has 0 aromatic carbocycles. The molecule has 0 saturated carbocycles. The van der Waals surface area contributed by atoms with Gasteiger partial charge in [-0.25, -0.2) is 0 Å². The van der Waals surface area contributed by atoms with Crippen LogP contribution in [-0.4, -0.2) is 37.0 Å². The first-order valence-corrected chi connectivity index (χ1v) is 5.01. The predicted molar refractivity (Wildman–Crippen MR) is 57.0 cm³/mol. The van der Waals surface area contributed by atoms with Crippen molar-refractivity contribution >= 4 is 11.9 Å². The highest BCUT2D eigenvalue weighted by Gasteiger charge is 2.10. The first-order valence-electron chi connectivity index (χ1n) is 5.01. The number of rotatable bonds is 4. The van der Waals surface area contributed by atoms with Crippen LogP contribution in [0, 0.1) is 11.8 Å². The SMILES string of the molecule is CCCC#CC(=O)N(C)CC(=O)OCC. The lowest BCUT2D eigenvalue weighted by atomic mass is 10.3. The third-order valence-corrected chi connectivity index (χ3v) is 1.59. The maximum absolute atomic E-state index is 11.3. The normalized spacial score (nSPS) is 8.73. The molecule has 0 rings (SSSR count). The number of hydrogen-bond donors (Lipinski definition) is 0. The zero-order valence-electron chi connectivity index (χ0n) is 9.50. The van der Waals surface area contributed by atoms with Gasteiger partial charge in [-0.05, 0) is 19.3 Å². The Hall–Kier alpha value is -1.50. The Morgan fingerprint density at radius 3 is 2.53 bits per heavy atom. The summed E-state index contributed by atoms with van der Waals surface area (Å²) in [6, 6.07) is 0. The summed E-state index contributed by atoms with van der Waals surface area (Å²) in [4.78, 5) is 23.6. The lowest BCUT2D eigenvalue weighted by Gasteiger charge is -2.11. The highest BCUT2D eigenvalue weighted by molar-refractivity contribution is 5.95. The van der Waals surface area contributed by atoms with Crippen LogP contribution in [0.2, 0.25) is 0 Å². The number of likely N-dealkylation sites (N-methyl/N-ethyl adjacent to an activating group) is 1. The molecule has 0 aliphatic carbocycles. The van der Waals surface area contributed by atoms with Gasteiger partial charge in [0.05, 0.1) is 6.61 Å². The lowest BCUT2D eigenvalue weighted by Crippen LogP contribution is -2.32. The molecule has 0 N–H and O–H groups in total. The molecule has 0 bridgehead atoms. The Morgan fingerprint density at radius 1 is 1.33 bits per heavy atom. The van der Waals surface area contributed by atoms with Crippen molar-refractivity contribution in [2.75, 3.05) is 20.2 Å². The van der Waals surface area contributed by atoms with Crippen LogP contribution in [-0.2, 0) is 14.3 Å². The van der Waals surface area contributed by atoms with Crippen molar-refractivity contribution in [2.45, 2.75) is 26.7 Å². The van der Waals surface area contributed by atoms with Crippen LogP contribution >= 0.6 is 0 Å². The molecule has 0 saturated heterocycles. The molecule has 0 aromatic heterocycles. The summed E-state index contributed by atoms with van der Waals surface area (Å²) >= 11 is 0. The Labute approximate surface area is 90.6 Å². The largest absolute Gasteiger partial charge is 0.465 e. The number of nitrogens with zero attached hydrogens (tertiary/aromatic N) is 1. The molecule has 0 spiro atoms. The second kappa shape index (κ2) is 7.86. The van der Waals surface area contributed by atoms with Crippen molar-refractivity contribution in [1.82, 2.24) is 4.90 Å². The van der Waals surface area contributed by atoms with Gasteiger partial charge in [0.25, 0.3) is 5.91 Å². The lowest BCUT2D eigenvalue weighted by molar-refractivity contribution is -0.146. The fraction of sp³-hybridized carbons (Fsp3) is 0.636. The molecule has 0 radical (unpaired) electrons. The quantitative estimate of drug-likeness (QED) is 0.510. The molecule has 0 aliphatic rings. The second-order valence-electron chi connectivity index (χ2n) is 3.02. The number of ether oxygens (including phenoxy) is 1. The zero-order chi connectivity index (χ0) is 11.7. The molecule has 0 atom stereocenters. The van der Waals surface area contributed by atoms with Crippen molar-refractivity contribution < 1.29 is 14.3 Å². The summed E-state index contributed by atoms with van der Waals surface area (Å²) in [5.74, 6) is 4.43. The van der Waals surface area contributed by atoms with Gasteiger partial charge in [0.1, 0.15) is 6.54 Å². The molecule has 0 aliphatic heterocycles. The number of esters is 1. The number of amides is 1. The summed E-state index contributed by atoms with van der Waals surface area (Å²) < 4.78 is 4.71. The number of hydrogen-bond acceptors (Lipinski definition) is 3. The fourth-order valence-corrected chi connectivity index (χ4v) is 0.831. The Bertz CT molecular complexity index is 275. The first-order chi connectivity index (χ1) is 7.11. The van der Waals surface area contributed by atoms with Crippen LogP contribution in [0.3, 0.4) is 0 Å². The van der Waals surface area contributed by atoms with E-state index in [0.29, 0.717) is 13.0 Å². The van der Waals surface area contributed by atoms with Gasteiger partial charge in [-0.15, -0.1) is 0 Å². The van der Waals surface area contributed by atoms with E-state index >= 15 is 0 Å². The summed E-state index contributed by atoms with van der Waals surface area (Å²) in [5.41, 5.74) is 0. The van der Waals surface area contributed by atoms with E-state index < -0.39 is 5.97 Å². The van der Waals surface area contributed by atoms with Crippen LogP contribution in [0.25, 0.3) is 0 Å². The van der Waals surface area contributed by atoms with Gasteiger partial charge in [-0.1, -0.05) is 12.8 Å². The van der Waals surface area contributed by atoms with Crippen molar-refractivity contribution in [3.8, 4) is 11.8 Å². The van der Waals surface area contributed by atoms with Gasteiger partial charge < -0.3 is 9.64 Å². The molecule has 4 nitrogen and oxygen atoms in total. The minimum atomic E-state index is -0.411. The fourth-order valence-electron chi connectivity index (χ4n) is 0.831. The molecule has 1 amide bonds. The number of carbonyl (C=O) groups excluding carboxylic acids is 2. The van der Waals surface area contributed by atoms with Crippen molar-refractivity contribution in [2.24, 2.45) is 0 Å². The van der Waals surface area contributed by atoms with E-state index in [-0.39, 0.29) is 12.5 Å². The van der Waals surface area contributed by atoms with Gasteiger partial charge in [-0.2, -0.15) is 0 Å². The van der Waals surface area contributed by atoms with Crippen LogP contribution in [0.15, 0.2) is 0 Å². The van der Waals surface area contributed by atoms with E-state index in [0.717, 1.165) is 6.42 Å². The Morgan fingerprint density at radius 2 is 2.00 bits per heavy atom. The Kier molecular flexibility index (Phi) is 7.08. The van der Waals surface area contributed by atoms with E-state index in [1.54, 1.807) is 6.92 Å². The summed E-state index contributed by atoms with van der Waals surface area (Å²) in [7, 11) is 1.53. The predicted octanol–water partition coefficient (Wildman–Crippen LogP) is 0.811. The highest BCUT2D eigenvalue weighted by atomic mass is 16.5. The van der Waals surface area contributed by atoms with Crippen molar-refractivity contribution in [1.29, 1.82) is 0 Å². The average molecular weight is 211 g/mol. The summed E-state index contributed by atoms with van der Waals surface area (Å²) in [5, 5.41) is 0. The third-order valence-electron chi connectivity index (χ3n) is 1.59. The van der Waals surface area contributed by atoms with Crippen LogP contribution < -0.4 is 0 Å². The zero-order valence-corrected chi connectivity index (χ0v) is 9.50. The minimum Gasteiger partial charge on any atom is -0.465 e. The topological polar surface area (TPSA) is 46.6 Å². The molecule has 84 valence electrons. The second-order valence-corrected chi connectivity index (χ2v) is 3.02. The Balaban J connectivity index is 4.00. The van der Waals surface area contributed by atoms with E-state index in [2.05, 4.69) is 11.8 Å². The number of unbranched alkanes of at least 4 members (excludes halogenated alkanes) is 1. The maximum atomic E-state index is 11.3. The van der Waals surface area contributed by atoms with Crippen molar-refractivity contribution in [3.63, 3.8) is 0 Å². The number of carbonyl (C=O) groups is 2. The molecule has 15 heavy (non-hydrogen) atoms. The standard InChI is InChI=1S/C11H17NO3/c1-4-6-7-8-10(13)12(3)9-11(14)15-5-2/h4-6,9H2,1-3H3. The van der Waals surface area contributed by atoms with Gasteiger partial charge in [0, 0.05) is 13.5 Å². The van der Waals surface area contributed by atoms with Gasteiger partial charge in [0.2, 0.25) is 0 Å². The summed E-state index contributed by atoms with van der Waals surface area (Å²) in [6.45, 7) is 3.98. The van der Waals surface area contributed by atoms with E-state index in [1.807, 2.05) is 6.92 Å². The van der Waals surface area contributed by atoms with Gasteiger partial charge in [0.15, 0.2) is 0 Å². The molecular weight excluding hydrogens is 194 g/mol. The van der Waals surface area contributed by atoms with E-state index in [9.17, 15) is 9.59 Å². The average Bonchev–Trinajstić information content (AvgIpc) is 2.18. The summed E-state index contributed by atoms with van der Waals surface area (Å²) in [6.07, 6.45) is 1.61. The molecule has 4 heteroatoms. The van der Waals surface area contributed by atoms with Crippen LogP contribution in [0.4, 0.5) is 0 Å². The molecule has 0 aromatic rings. The van der Waals surface area contributed by atoms with E-state index in [1.165, 1.54) is 11.9 Å². The highest BCUT2D eigenvalue weighted by Crippen LogP contribution is 1.88. The van der Waals surface area contributed by atoms with E-state index in [4.69, 9.17) is 4.74 Å². The molecule has 0 fully saturated rings. The molecule has 0 unspecified atom stereocenters. The monoisotopic (exact) mass is 211 g/mol.